The van der Waals surface area contributed by atoms with Gasteiger partial charge in [0.25, 0.3) is 0 Å². The van der Waals surface area contributed by atoms with Crippen molar-refractivity contribution in [3.05, 3.63) is 11.3 Å². The molecule has 0 bridgehead atoms. The molecule has 7 heteroatoms. The number of nitrogens with two attached hydrogens (primary N) is 1. The number of carboxylic acids is 1. The first kappa shape index (κ1) is 15.0. The third-order valence-electron chi connectivity index (χ3n) is 3.79. The number of hydrogen-bond donors (Lipinski definition) is 3. The number of β-lactam (4-membered cyclic amide) rings is 1. The van der Waals surface area contributed by atoms with E-state index in [1.54, 1.807) is 6.92 Å². The number of carboxylic acid groups (broad SMARTS) is 1. The molecule has 7 nitrogen and oxygen atoms in total. The lowest BCUT2D eigenvalue weighted by molar-refractivity contribution is -0.161. The highest BCUT2D eigenvalue weighted by Crippen LogP contribution is 2.43. The number of hydrogen-bond acceptors (Lipinski definition) is 5. The lowest BCUT2D eigenvalue weighted by Gasteiger charge is -2.44. The van der Waals surface area contributed by atoms with Gasteiger partial charge in [-0.2, -0.15) is 0 Å². The van der Waals surface area contributed by atoms with Crippen molar-refractivity contribution >= 4 is 11.9 Å². The number of carbonyl (C=O) groups excluding carboxylic acids is 1. The van der Waals surface area contributed by atoms with E-state index >= 15 is 0 Å². The van der Waals surface area contributed by atoms with E-state index in [0.717, 1.165) is 0 Å². The number of amides is 1. The molecular formula is C13H20N2O5. The number of aliphatic hydroxyl groups excluding tert-OH is 1. The Balaban J connectivity index is 2.07. The van der Waals surface area contributed by atoms with Crippen molar-refractivity contribution in [1.82, 2.24) is 4.90 Å². The van der Waals surface area contributed by atoms with E-state index in [1.807, 2.05) is 0 Å². The van der Waals surface area contributed by atoms with Crippen LogP contribution >= 0.6 is 0 Å². The van der Waals surface area contributed by atoms with Gasteiger partial charge in [-0.25, -0.2) is 4.79 Å². The minimum absolute atomic E-state index is 0.0182. The summed E-state index contributed by atoms with van der Waals surface area (Å²) in [6, 6.07) is -0.248. The molecule has 0 spiro atoms. The van der Waals surface area contributed by atoms with Gasteiger partial charge in [0, 0.05) is 6.61 Å². The number of aliphatic carboxylic acids is 1. The molecule has 0 aliphatic carbocycles. The summed E-state index contributed by atoms with van der Waals surface area (Å²) in [7, 11) is 0. The molecule has 3 atom stereocenters. The van der Waals surface area contributed by atoms with Gasteiger partial charge < -0.3 is 25.6 Å². The highest BCUT2D eigenvalue weighted by atomic mass is 16.5. The van der Waals surface area contributed by atoms with Crippen LogP contribution in [0.4, 0.5) is 0 Å². The standard InChI is InChI=1S/C13H20N2O5/c1-7(16)10-9-5-8(6-20-4-2-3-14)11(13(18)19)15(9)12(10)17/h7,9-10,16H,2-6,14H2,1H3,(H,18,19). The smallest absolute Gasteiger partial charge is 0.352 e. The number of ether oxygens (including phenoxy) is 1. The highest BCUT2D eigenvalue weighted by Gasteiger charge is 2.56. The molecule has 0 aromatic heterocycles. The van der Waals surface area contributed by atoms with Crippen LogP contribution in [0.15, 0.2) is 11.3 Å². The van der Waals surface area contributed by atoms with Gasteiger partial charge in [-0.05, 0) is 31.9 Å². The fourth-order valence-electron chi connectivity index (χ4n) is 2.87. The molecule has 2 rings (SSSR count). The largest absolute Gasteiger partial charge is 0.477 e. The molecule has 4 N–H and O–H groups in total. The zero-order valence-corrected chi connectivity index (χ0v) is 11.4. The van der Waals surface area contributed by atoms with E-state index in [9.17, 15) is 19.8 Å². The molecule has 2 heterocycles. The number of fused-ring (bicyclic) bond motifs is 1. The van der Waals surface area contributed by atoms with Crippen molar-refractivity contribution < 1.29 is 24.5 Å². The second-order valence-electron chi connectivity index (χ2n) is 5.20. The van der Waals surface area contributed by atoms with Crippen molar-refractivity contribution in [1.29, 1.82) is 0 Å². The van der Waals surface area contributed by atoms with E-state index in [2.05, 4.69) is 0 Å². The van der Waals surface area contributed by atoms with Crippen LogP contribution in [-0.4, -0.2) is 58.9 Å². The number of aliphatic hydroxyl groups is 1. The summed E-state index contributed by atoms with van der Waals surface area (Å²) >= 11 is 0. The molecule has 1 amide bonds. The Kier molecular flexibility index (Phi) is 4.42. The van der Waals surface area contributed by atoms with Gasteiger partial charge in [0.1, 0.15) is 5.70 Å². The molecule has 1 saturated heterocycles. The van der Waals surface area contributed by atoms with E-state index in [4.69, 9.17) is 10.5 Å². The van der Waals surface area contributed by atoms with E-state index in [1.165, 1.54) is 4.90 Å². The molecule has 20 heavy (non-hydrogen) atoms. The molecule has 0 radical (unpaired) electrons. The number of carbonyl (C=O) groups is 2. The Morgan fingerprint density at radius 1 is 1.60 bits per heavy atom. The summed E-state index contributed by atoms with van der Waals surface area (Å²) < 4.78 is 5.39. The average molecular weight is 284 g/mol. The average Bonchev–Trinajstić information content (AvgIpc) is 2.69. The van der Waals surface area contributed by atoms with Gasteiger partial charge >= 0.3 is 5.97 Å². The fourth-order valence-corrected chi connectivity index (χ4v) is 2.87. The summed E-state index contributed by atoms with van der Waals surface area (Å²) in [6.45, 7) is 2.72. The van der Waals surface area contributed by atoms with Crippen LogP contribution in [0.5, 0.6) is 0 Å². The van der Waals surface area contributed by atoms with Crippen LogP contribution in [0.1, 0.15) is 19.8 Å². The second-order valence-corrected chi connectivity index (χ2v) is 5.20. The Bertz CT molecular complexity index is 446. The molecule has 112 valence electrons. The lowest BCUT2D eigenvalue weighted by Crippen LogP contribution is -2.61. The van der Waals surface area contributed by atoms with E-state index < -0.39 is 18.0 Å². The first-order valence-electron chi connectivity index (χ1n) is 6.73. The molecule has 0 aromatic carbocycles. The summed E-state index contributed by atoms with van der Waals surface area (Å²) in [5.74, 6) is -1.95. The summed E-state index contributed by atoms with van der Waals surface area (Å²) in [6.07, 6.45) is 0.389. The number of nitrogens with zero attached hydrogens (tertiary/aromatic N) is 1. The third-order valence-corrected chi connectivity index (χ3v) is 3.79. The number of rotatable bonds is 7. The maximum Gasteiger partial charge on any atom is 0.352 e. The maximum absolute atomic E-state index is 11.9. The quantitative estimate of drug-likeness (QED) is 0.421. The molecule has 0 aromatic rings. The summed E-state index contributed by atoms with van der Waals surface area (Å²) in [5, 5.41) is 18.8. The van der Waals surface area contributed by atoms with E-state index in [0.29, 0.717) is 31.6 Å². The minimum atomic E-state index is -1.12. The van der Waals surface area contributed by atoms with Gasteiger partial charge in [0.2, 0.25) is 5.91 Å². The first-order valence-corrected chi connectivity index (χ1v) is 6.73. The Hall–Kier alpha value is -1.44. The van der Waals surface area contributed by atoms with Crippen LogP contribution in [0.25, 0.3) is 0 Å². The van der Waals surface area contributed by atoms with E-state index in [-0.39, 0.29) is 24.3 Å². The van der Waals surface area contributed by atoms with Crippen molar-refractivity contribution in [3.63, 3.8) is 0 Å². The zero-order chi connectivity index (χ0) is 14.9. The predicted molar refractivity (Wildman–Crippen MR) is 69.6 cm³/mol. The topological polar surface area (TPSA) is 113 Å². The maximum atomic E-state index is 11.9. The van der Waals surface area contributed by atoms with Gasteiger partial charge in [0.05, 0.1) is 24.7 Å². The zero-order valence-electron chi connectivity index (χ0n) is 11.4. The van der Waals surface area contributed by atoms with Crippen molar-refractivity contribution in [3.8, 4) is 0 Å². The van der Waals surface area contributed by atoms with Gasteiger partial charge in [0.15, 0.2) is 0 Å². The van der Waals surface area contributed by atoms with Crippen LogP contribution in [0.3, 0.4) is 0 Å². The third kappa shape index (κ3) is 2.44. The Morgan fingerprint density at radius 2 is 2.30 bits per heavy atom. The van der Waals surface area contributed by atoms with Gasteiger partial charge in [-0.3, -0.25) is 4.79 Å². The predicted octanol–water partition coefficient (Wildman–Crippen LogP) is -0.698. The molecule has 1 fully saturated rings. The molecule has 0 saturated carbocycles. The van der Waals surface area contributed by atoms with Crippen molar-refractivity contribution in [2.75, 3.05) is 19.8 Å². The van der Waals surface area contributed by atoms with Crippen molar-refractivity contribution in [2.24, 2.45) is 11.7 Å². The summed E-state index contributed by atoms with van der Waals surface area (Å²) in [4.78, 5) is 24.5. The molecule has 3 unspecified atom stereocenters. The Morgan fingerprint density at radius 3 is 2.85 bits per heavy atom. The normalized spacial score (nSPS) is 26.6. The van der Waals surface area contributed by atoms with Crippen LogP contribution in [0.2, 0.25) is 0 Å². The van der Waals surface area contributed by atoms with Crippen LogP contribution in [-0.2, 0) is 14.3 Å². The lowest BCUT2D eigenvalue weighted by atomic mass is 9.83. The highest BCUT2D eigenvalue weighted by molar-refractivity contribution is 5.99. The molecule has 2 aliphatic heterocycles. The van der Waals surface area contributed by atoms with Crippen LogP contribution < -0.4 is 5.73 Å². The van der Waals surface area contributed by atoms with Crippen molar-refractivity contribution in [2.45, 2.75) is 31.9 Å². The minimum Gasteiger partial charge on any atom is -0.477 e. The second kappa shape index (κ2) is 5.90. The monoisotopic (exact) mass is 284 g/mol. The van der Waals surface area contributed by atoms with Crippen LogP contribution in [0, 0.1) is 5.92 Å². The van der Waals surface area contributed by atoms with Gasteiger partial charge in [-0.1, -0.05) is 0 Å². The Labute approximate surface area is 117 Å². The fraction of sp³-hybridized carbons (Fsp3) is 0.692. The first-order chi connectivity index (χ1) is 9.49. The SMILES string of the molecule is CC(O)C1C(=O)N2C(C(=O)O)=C(COCCCN)CC12. The van der Waals surface area contributed by atoms with Gasteiger partial charge in [-0.15, -0.1) is 0 Å². The summed E-state index contributed by atoms with van der Waals surface area (Å²) in [5.41, 5.74) is 5.98. The molecule has 2 aliphatic rings. The molecular weight excluding hydrogens is 264 g/mol.